The molecule has 0 aromatic heterocycles. The molecule has 0 aliphatic carbocycles. The highest BCUT2D eigenvalue weighted by molar-refractivity contribution is 7.90. The number of nitrogens with zero attached hydrogens (tertiary/aromatic N) is 2. The quantitative estimate of drug-likeness (QED) is 0.527. The van der Waals surface area contributed by atoms with Crippen LogP contribution in [0.25, 0.3) is 10.8 Å². The van der Waals surface area contributed by atoms with Crippen LogP contribution in [-0.4, -0.2) is 71.0 Å². The van der Waals surface area contributed by atoms with Gasteiger partial charge in [-0.05, 0) is 47.2 Å². The number of carbonyl (C=O) groups is 1. The van der Waals surface area contributed by atoms with Crippen LogP contribution in [0, 0.1) is 0 Å². The first-order valence-electron chi connectivity index (χ1n) is 10.3. The second-order valence-electron chi connectivity index (χ2n) is 7.83. The van der Waals surface area contributed by atoms with E-state index in [2.05, 4.69) is 0 Å². The molecular formula is C23H24N2O6S2. The Balaban J connectivity index is 1.34. The molecule has 0 bridgehead atoms. The summed E-state index contributed by atoms with van der Waals surface area (Å²) in [5, 5.41) is 1.83. The van der Waals surface area contributed by atoms with Gasteiger partial charge in [0.2, 0.25) is 10.0 Å². The zero-order valence-electron chi connectivity index (χ0n) is 18.0. The van der Waals surface area contributed by atoms with Crippen LogP contribution in [0.2, 0.25) is 0 Å². The summed E-state index contributed by atoms with van der Waals surface area (Å²) >= 11 is 0. The smallest absolute Gasteiger partial charge is 0.260 e. The summed E-state index contributed by atoms with van der Waals surface area (Å²) < 4.78 is 56.0. The average molecular weight is 489 g/mol. The summed E-state index contributed by atoms with van der Waals surface area (Å²) in [6, 6.07) is 18.5. The molecule has 1 fully saturated rings. The molecule has 0 unspecified atom stereocenters. The Labute approximate surface area is 193 Å². The number of sulfone groups is 1. The predicted molar refractivity (Wildman–Crippen MR) is 124 cm³/mol. The number of fused-ring (bicyclic) bond motifs is 1. The molecule has 1 heterocycles. The Morgan fingerprint density at radius 2 is 1.42 bits per heavy atom. The monoisotopic (exact) mass is 488 g/mol. The van der Waals surface area contributed by atoms with Crippen molar-refractivity contribution in [2.45, 2.75) is 9.79 Å². The first-order chi connectivity index (χ1) is 15.6. The van der Waals surface area contributed by atoms with Gasteiger partial charge in [0.25, 0.3) is 5.91 Å². The third kappa shape index (κ3) is 5.18. The maximum absolute atomic E-state index is 13.1. The van der Waals surface area contributed by atoms with Gasteiger partial charge in [-0.3, -0.25) is 4.79 Å². The van der Waals surface area contributed by atoms with Gasteiger partial charge in [-0.15, -0.1) is 0 Å². The molecule has 1 aliphatic heterocycles. The predicted octanol–water partition coefficient (Wildman–Crippen LogP) is 2.16. The Kier molecular flexibility index (Phi) is 6.42. The Morgan fingerprint density at radius 1 is 0.818 bits per heavy atom. The summed E-state index contributed by atoms with van der Waals surface area (Å²) in [5.74, 6) is 0.123. The first kappa shape index (κ1) is 23.2. The normalized spacial score (nSPS) is 15.5. The fourth-order valence-corrected chi connectivity index (χ4v) is 5.76. The van der Waals surface area contributed by atoms with Gasteiger partial charge in [0, 0.05) is 32.4 Å². The molecule has 0 radical (unpaired) electrons. The fourth-order valence-electron chi connectivity index (χ4n) is 3.67. The van der Waals surface area contributed by atoms with Gasteiger partial charge in [0.05, 0.1) is 9.79 Å². The molecule has 174 valence electrons. The van der Waals surface area contributed by atoms with Crippen LogP contribution in [0.1, 0.15) is 0 Å². The minimum Gasteiger partial charge on any atom is -0.484 e. The number of piperazine rings is 1. The van der Waals surface area contributed by atoms with Crippen LogP contribution in [-0.2, 0) is 24.7 Å². The zero-order valence-corrected chi connectivity index (χ0v) is 19.7. The van der Waals surface area contributed by atoms with Crippen molar-refractivity contribution in [3.63, 3.8) is 0 Å². The molecule has 1 saturated heterocycles. The van der Waals surface area contributed by atoms with Crippen molar-refractivity contribution in [1.82, 2.24) is 9.21 Å². The topological polar surface area (TPSA) is 101 Å². The summed E-state index contributed by atoms with van der Waals surface area (Å²) in [6.45, 7) is 0.716. The summed E-state index contributed by atoms with van der Waals surface area (Å²) in [7, 11) is -6.96. The molecule has 3 aromatic carbocycles. The lowest BCUT2D eigenvalue weighted by Crippen LogP contribution is -2.51. The van der Waals surface area contributed by atoms with Gasteiger partial charge < -0.3 is 9.64 Å². The van der Waals surface area contributed by atoms with Crippen molar-refractivity contribution in [2.24, 2.45) is 0 Å². The molecule has 0 atom stereocenters. The van der Waals surface area contributed by atoms with E-state index in [1.54, 1.807) is 23.1 Å². The molecule has 4 rings (SSSR count). The maximum atomic E-state index is 13.1. The molecule has 8 nitrogen and oxygen atoms in total. The molecule has 0 N–H and O–H groups in total. The summed E-state index contributed by atoms with van der Waals surface area (Å²) in [4.78, 5) is 14.5. The number of amides is 1. The highest BCUT2D eigenvalue weighted by atomic mass is 32.2. The number of rotatable bonds is 6. The van der Waals surface area contributed by atoms with Gasteiger partial charge in [-0.2, -0.15) is 4.31 Å². The van der Waals surface area contributed by atoms with Crippen molar-refractivity contribution < 1.29 is 26.4 Å². The van der Waals surface area contributed by atoms with Crippen molar-refractivity contribution in [3.8, 4) is 5.75 Å². The Morgan fingerprint density at radius 3 is 2.06 bits per heavy atom. The van der Waals surface area contributed by atoms with Gasteiger partial charge in [-0.25, -0.2) is 16.8 Å². The van der Waals surface area contributed by atoms with Gasteiger partial charge >= 0.3 is 0 Å². The van der Waals surface area contributed by atoms with E-state index >= 15 is 0 Å². The SMILES string of the molecule is CS(=O)(=O)c1ccc(OCC(=O)N2CCN(S(=O)(=O)c3ccc4ccccc4c3)CC2)cc1. The largest absolute Gasteiger partial charge is 0.484 e. The van der Waals surface area contributed by atoms with Crippen LogP contribution in [0.3, 0.4) is 0 Å². The lowest BCUT2D eigenvalue weighted by Gasteiger charge is -2.34. The van der Waals surface area contributed by atoms with E-state index in [-0.39, 0.29) is 48.5 Å². The highest BCUT2D eigenvalue weighted by Gasteiger charge is 2.30. The molecule has 33 heavy (non-hydrogen) atoms. The number of ether oxygens (including phenoxy) is 1. The number of benzene rings is 3. The van der Waals surface area contributed by atoms with Crippen LogP contribution in [0.5, 0.6) is 5.75 Å². The molecule has 0 spiro atoms. The number of sulfonamides is 1. The molecule has 0 saturated carbocycles. The average Bonchev–Trinajstić information content (AvgIpc) is 2.82. The van der Waals surface area contributed by atoms with Crippen LogP contribution in [0.15, 0.2) is 76.5 Å². The van der Waals surface area contributed by atoms with Crippen molar-refractivity contribution >= 4 is 36.5 Å². The van der Waals surface area contributed by atoms with E-state index < -0.39 is 19.9 Å². The number of hydrogen-bond acceptors (Lipinski definition) is 6. The molecule has 1 amide bonds. The van der Waals surface area contributed by atoms with E-state index in [4.69, 9.17) is 4.74 Å². The van der Waals surface area contributed by atoms with E-state index in [1.165, 1.54) is 28.6 Å². The minimum atomic E-state index is -3.66. The number of hydrogen-bond donors (Lipinski definition) is 0. The van der Waals surface area contributed by atoms with E-state index in [9.17, 15) is 21.6 Å². The lowest BCUT2D eigenvalue weighted by atomic mass is 10.1. The molecule has 1 aliphatic rings. The molecular weight excluding hydrogens is 464 g/mol. The second-order valence-corrected chi connectivity index (χ2v) is 11.8. The maximum Gasteiger partial charge on any atom is 0.260 e. The van der Waals surface area contributed by atoms with Gasteiger partial charge in [-0.1, -0.05) is 30.3 Å². The first-order valence-corrected chi connectivity index (χ1v) is 13.7. The van der Waals surface area contributed by atoms with Crippen molar-refractivity contribution in [2.75, 3.05) is 39.0 Å². The van der Waals surface area contributed by atoms with E-state index in [0.29, 0.717) is 5.75 Å². The Hall–Kier alpha value is -2.95. The van der Waals surface area contributed by atoms with E-state index in [1.807, 2.05) is 24.3 Å². The lowest BCUT2D eigenvalue weighted by molar-refractivity contribution is -0.134. The van der Waals surface area contributed by atoms with Gasteiger partial charge in [0.15, 0.2) is 16.4 Å². The van der Waals surface area contributed by atoms with E-state index in [0.717, 1.165) is 17.0 Å². The Bertz CT molecular complexity index is 1380. The zero-order chi connectivity index (χ0) is 23.6. The molecule has 10 heteroatoms. The second kappa shape index (κ2) is 9.12. The van der Waals surface area contributed by atoms with Gasteiger partial charge in [0.1, 0.15) is 5.75 Å². The van der Waals surface area contributed by atoms with Crippen LogP contribution >= 0.6 is 0 Å². The van der Waals surface area contributed by atoms with Crippen LogP contribution in [0.4, 0.5) is 0 Å². The third-order valence-corrected chi connectivity index (χ3v) is 8.59. The van der Waals surface area contributed by atoms with Crippen molar-refractivity contribution in [3.05, 3.63) is 66.7 Å². The van der Waals surface area contributed by atoms with Crippen LogP contribution < -0.4 is 4.74 Å². The number of carbonyl (C=O) groups excluding carboxylic acids is 1. The highest BCUT2D eigenvalue weighted by Crippen LogP contribution is 2.23. The summed E-state index contributed by atoms with van der Waals surface area (Å²) in [5.41, 5.74) is 0. The molecule has 3 aromatic rings. The minimum absolute atomic E-state index is 0.171. The van der Waals surface area contributed by atoms with Crippen molar-refractivity contribution in [1.29, 1.82) is 0 Å². The summed E-state index contributed by atoms with van der Waals surface area (Å²) in [6.07, 6.45) is 1.12. The fraction of sp³-hybridized carbons (Fsp3) is 0.261. The third-order valence-electron chi connectivity index (χ3n) is 5.56. The standard InChI is InChI=1S/C23H24N2O6S2/c1-32(27,28)21-10-7-20(8-11-21)31-17-23(26)24-12-14-25(15-13-24)33(29,30)22-9-6-18-4-2-3-5-19(18)16-22/h2-11,16H,12-15,17H2,1H3.